The molecule has 0 heterocycles. The van der Waals surface area contributed by atoms with Gasteiger partial charge in [-0.25, -0.2) is 0 Å². The summed E-state index contributed by atoms with van der Waals surface area (Å²) in [5.74, 6) is 0. The molecule has 1 atom stereocenters. The van der Waals surface area contributed by atoms with Crippen LogP contribution in [0.25, 0.3) is 0 Å². The van der Waals surface area contributed by atoms with Gasteiger partial charge >= 0.3 is 0 Å². The summed E-state index contributed by atoms with van der Waals surface area (Å²) < 4.78 is 8.61. The molecule has 0 amide bonds. The van der Waals surface area contributed by atoms with Crippen molar-refractivity contribution in [3.05, 3.63) is 0 Å². The maximum absolute atomic E-state index is 2.49. The molecule has 0 fully saturated rings. The first-order valence-corrected chi connectivity index (χ1v) is 6.15. The maximum Gasteiger partial charge on any atom is 0.118 e. The standard InChI is InChI=1S/C6H18N3P.C2H8NP/c1-7(2)10(8(3)4)9(5)6;1-3(2)4/h1-6H3;4H2,1-2H3. The van der Waals surface area contributed by atoms with E-state index in [1.54, 1.807) is 0 Å². The summed E-state index contributed by atoms with van der Waals surface area (Å²) >= 11 is 0. The molecule has 0 saturated carbocycles. The Morgan fingerprint density at radius 2 is 0.786 bits per heavy atom. The lowest BCUT2D eigenvalue weighted by atomic mass is 11.2. The van der Waals surface area contributed by atoms with Crippen LogP contribution in [0.15, 0.2) is 0 Å². The highest BCUT2D eigenvalue weighted by Crippen LogP contribution is 2.40. The predicted molar refractivity (Wildman–Crippen MR) is 71.4 cm³/mol. The van der Waals surface area contributed by atoms with E-state index in [0.717, 1.165) is 0 Å². The molecule has 0 aromatic heterocycles. The van der Waals surface area contributed by atoms with Crippen LogP contribution in [0.2, 0.25) is 0 Å². The van der Waals surface area contributed by atoms with Gasteiger partial charge in [0, 0.05) is 0 Å². The zero-order valence-corrected chi connectivity index (χ0v) is 12.9. The number of hydrogen-bond donors (Lipinski definition) is 0. The Balaban J connectivity index is 0. The van der Waals surface area contributed by atoms with E-state index in [-0.39, 0.29) is 8.37 Å². The lowest BCUT2D eigenvalue weighted by Gasteiger charge is -2.34. The van der Waals surface area contributed by atoms with Crippen LogP contribution in [-0.2, 0) is 0 Å². The molecule has 0 radical (unpaired) electrons. The summed E-state index contributed by atoms with van der Waals surface area (Å²) in [4.78, 5) is 0. The molecule has 0 spiro atoms. The Morgan fingerprint density at radius 3 is 0.786 bits per heavy atom. The van der Waals surface area contributed by atoms with Crippen molar-refractivity contribution in [2.75, 3.05) is 56.4 Å². The smallest absolute Gasteiger partial charge is 0.118 e. The Morgan fingerprint density at radius 1 is 0.643 bits per heavy atom. The number of rotatable bonds is 3. The molecule has 0 aromatic rings. The predicted octanol–water partition coefficient (Wildman–Crippen LogP) is 1.24. The van der Waals surface area contributed by atoms with Crippen molar-refractivity contribution in [2.45, 2.75) is 0 Å². The van der Waals surface area contributed by atoms with Crippen LogP contribution in [-0.4, -0.2) is 75.1 Å². The van der Waals surface area contributed by atoms with Gasteiger partial charge in [0.15, 0.2) is 0 Å². The highest BCUT2D eigenvalue weighted by atomic mass is 31.2. The van der Waals surface area contributed by atoms with Crippen molar-refractivity contribution in [2.24, 2.45) is 0 Å². The first-order chi connectivity index (χ1) is 6.20. The van der Waals surface area contributed by atoms with Crippen LogP contribution in [0.3, 0.4) is 0 Å². The first-order valence-electron chi connectivity index (χ1n) is 4.44. The molecule has 0 bridgehead atoms. The fourth-order valence-corrected chi connectivity index (χ4v) is 3.22. The van der Waals surface area contributed by atoms with Crippen LogP contribution in [0.1, 0.15) is 0 Å². The van der Waals surface area contributed by atoms with E-state index in [4.69, 9.17) is 0 Å². The summed E-state index contributed by atoms with van der Waals surface area (Å²) in [5, 5.41) is 0. The van der Waals surface area contributed by atoms with Crippen molar-refractivity contribution in [1.82, 2.24) is 18.7 Å². The largest absolute Gasteiger partial charge is 0.293 e. The van der Waals surface area contributed by atoms with Gasteiger partial charge in [0.1, 0.15) is 8.37 Å². The minimum atomic E-state index is -0.238. The number of nitrogens with zero attached hydrogens (tertiary/aromatic N) is 4. The quantitative estimate of drug-likeness (QED) is 0.688. The van der Waals surface area contributed by atoms with Crippen molar-refractivity contribution in [3.63, 3.8) is 0 Å². The zero-order valence-electron chi connectivity index (χ0n) is 10.8. The van der Waals surface area contributed by atoms with Gasteiger partial charge in [-0.2, -0.15) is 0 Å². The fourth-order valence-electron chi connectivity index (χ4n) is 1.07. The molecule has 0 aliphatic rings. The van der Waals surface area contributed by atoms with E-state index in [2.05, 4.69) is 65.7 Å². The third kappa shape index (κ3) is 10.8. The second kappa shape index (κ2) is 8.96. The van der Waals surface area contributed by atoms with Gasteiger partial charge in [0.25, 0.3) is 0 Å². The highest BCUT2D eigenvalue weighted by molar-refractivity contribution is 7.49. The van der Waals surface area contributed by atoms with Crippen LogP contribution >= 0.6 is 17.8 Å². The van der Waals surface area contributed by atoms with Gasteiger partial charge in [-0.05, 0) is 56.4 Å². The molecule has 6 heteroatoms. The normalized spacial score (nSPS) is 11.6. The van der Waals surface area contributed by atoms with E-state index in [1.165, 1.54) is 0 Å². The molecule has 0 aliphatic heterocycles. The van der Waals surface area contributed by atoms with E-state index in [0.29, 0.717) is 0 Å². The average Bonchev–Trinajstić information content (AvgIpc) is 1.80. The average molecular weight is 240 g/mol. The fraction of sp³-hybridized carbons (Fsp3) is 1.00. The van der Waals surface area contributed by atoms with E-state index in [1.807, 2.05) is 18.8 Å². The molecule has 0 aromatic carbocycles. The second-order valence-corrected chi connectivity index (χ2v) is 7.74. The number of hydrogen-bond acceptors (Lipinski definition) is 4. The van der Waals surface area contributed by atoms with E-state index >= 15 is 0 Å². The second-order valence-electron chi connectivity index (χ2n) is 3.77. The van der Waals surface area contributed by atoms with Crippen molar-refractivity contribution in [1.29, 1.82) is 0 Å². The molecule has 14 heavy (non-hydrogen) atoms. The van der Waals surface area contributed by atoms with Crippen LogP contribution in [0.4, 0.5) is 0 Å². The summed E-state index contributed by atoms with van der Waals surface area (Å²) in [6.45, 7) is 0. The minimum Gasteiger partial charge on any atom is -0.293 e. The SMILES string of the molecule is CN(C)P.CN(C)P(N(C)C)N(C)C. The van der Waals surface area contributed by atoms with Gasteiger partial charge < -0.3 is 0 Å². The molecular weight excluding hydrogens is 214 g/mol. The van der Waals surface area contributed by atoms with Gasteiger partial charge in [-0.15, -0.1) is 0 Å². The summed E-state index contributed by atoms with van der Waals surface area (Å²) in [6.07, 6.45) is 0. The molecule has 0 rings (SSSR count). The lowest BCUT2D eigenvalue weighted by molar-refractivity contribution is 0.490. The summed E-state index contributed by atoms with van der Waals surface area (Å²) in [6, 6.07) is 0. The van der Waals surface area contributed by atoms with Gasteiger partial charge in [-0.1, -0.05) is 9.39 Å². The monoisotopic (exact) mass is 240 g/mol. The molecule has 88 valence electrons. The van der Waals surface area contributed by atoms with Crippen molar-refractivity contribution >= 4 is 17.8 Å². The topological polar surface area (TPSA) is 13.0 Å². The Kier molecular flexibility index (Phi) is 11.0. The molecular formula is C8H26N4P2. The Hall–Kier alpha value is 0.700. The van der Waals surface area contributed by atoms with E-state index < -0.39 is 0 Å². The zero-order chi connectivity index (χ0) is 11.9. The third-order valence-electron chi connectivity index (χ3n) is 1.07. The van der Waals surface area contributed by atoms with Crippen molar-refractivity contribution in [3.8, 4) is 0 Å². The highest BCUT2D eigenvalue weighted by Gasteiger charge is 2.15. The van der Waals surface area contributed by atoms with Crippen LogP contribution < -0.4 is 0 Å². The summed E-state index contributed by atoms with van der Waals surface area (Å²) in [7, 11) is 18.8. The molecule has 0 aliphatic carbocycles. The summed E-state index contributed by atoms with van der Waals surface area (Å²) in [5.41, 5.74) is 0. The first kappa shape index (κ1) is 17.1. The Labute approximate surface area is 93.4 Å². The molecule has 0 N–H and O–H groups in total. The molecule has 4 nitrogen and oxygen atoms in total. The third-order valence-corrected chi connectivity index (χ3v) is 3.22. The maximum atomic E-state index is 2.49. The van der Waals surface area contributed by atoms with Crippen LogP contribution in [0.5, 0.6) is 0 Å². The Bertz CT molecular complexity index is 107. The molecule has 1 unspecified atom stereocenters. The van der Waals surface area contributed by atoms with Crippen LogP contribution in [0, 0.1) is 0 Å². The van der Waals surface area contributed by atoms with E-state index in [9.17, 15) is 0 Å². The minimum absolute atomic E-state index is 0.238. The lowest BCUT2D eigenvalue weighted by Crippen LogP contribution is -2.25. The molecule has 0 saturated heterocycles. The van der Waals surface area contributed by atoms with Gasteiger partial charge in [0.05, 0.1) is 0 Å². The van der Waals surface area contributed by atoms with Gasteiger partial charge in [0.2, 0.25) is 0 Å². The van der Waals surface area contributed by atoms with Crippen molar-refractivity contribution < 1.29 is 0 Å². The van der Waals surface area contributed by atoms with Gasteiger partial charge in [-0.3, -0.25) is 18.7 Å².